The normalized spacial score (nSPS) is 20.3. The van der Waals surface area contributed by atoms with Crippen LogP contribution in [0.5, 0.6) is 0 Å². The summed E-state index contributed by atoms with van der Waals surface area (Å²) in [5, 5.41) is 0. The second-order valence-electron chi connectivity index (χ2n) is 8.29. The van der Waals surface area contributed by atoms with Crippen LogP contribution in [0.25, 0.3) is 0 Å². The zero-order chi connectivity index (χ0) is 22.1. The number of rotatable bonds is 4. The molecule has 2 aliphatic heterocycles. The highest BCUT2D eigenvalue weighted by molar-refractivity contribution is 5.94. The van der Waals surface area contributed by atoms with Gasteiger partial charge in [0.25, 0.3) is 5.91 Å². The van der Waals surface area contributed by atoms with Crippen LogP contribution in [-0.4, -0.2) is 71.7 Å². The molecule has 0 aliphatic carbocycles. The smallest absolute Gasteiger partial charge is 0.342 e. The van der Waals surface area contributed by atoms with Crippen molar-refractivity contribution in [2.45, 2.75) is 26.4 Å². The summed E-state index contributed by atoms with van der Waals surface area (Å²) < 4.78 is 38.0. The molecule has 0 saturated carbocycles. The maximum absolute atomic E-state index is 12.8. The number of hydrogen-bond donors (Lipinski definition) is 0. The predicted molar refractivity (Wildman–Crippen MR) is 103 cm³/mol. The minimum absolute atomic E-state index is 0.00170. The molecule has 30 heavy (non-hydrogen) atoms. The second kappa shape index (κ2) is 8.65. The van der Waals surface area contributed by atoms with Gasteiger partial charge in [-0.1, -0.05) is 13.8 Å². The number of alkyl halides is 3. The summed E-state index contributed by atoms with van der Waals surface area (Å²) >= 11 is 0. The van der Waals surface area contributed by atoms with Gasteiger partial charge in [0.2, 0.25) is 11.8 Å². The van der Waals surface area contributed by atoms with Crippen LogP contribution in [0.3, 0.4) is 0 Å². The van der Waals surface area contributed by atoms with Crippen molar-refractivity contribution in [2.24, 2.45) is 11.8 Å². The fraction of sp³-hybridized carbons (Fsp3) is 0.571. The van der Waals surface area contributed by atoms with Crippen LogP contribution in [0.4, 0.5) is 13.2 Å². The molecule has 0 bridgehead atoms. The number of nitrogens with zero attached hydrogens (tertiary/aromatic N) is 3. The molecular weight excluding hydrogens is 399 g/mol. The SMILES string of the molecule is CC(C)CN1CC(C(=O)N2CCN(C(=O)c3ccc(C(F)(F)F)cc3)CC2)CC1=O. The Hall–Kier alpha value is -2.58. The van der Waals surface area contributed by atoms with Crippen molar-refractivity contribution in [1.82, 2.24) is 14.7 Å². The summed E-state index contributed by atoms with van der Waals surface area (Å²) in [6.45, 7) is 6.42. The van der Waals surface area contributed by atoms with Crippen LogP contribution >= 0.6 is 0 Å². The molecule has 1 atom stereocenters. The number of likely N-dealkylation sites (tertiary alicyclic amines) is 1. The third-order valence-electron chi connectivity index (χ3n) is 5.49. The first-order valence-electron chi connectivity index (χ1n) is 10.1. The van der Waals surface area contributed by atoms with E-state index in [0.29, 0.717) is 45.2 Å². The van der Waals surface area contributed by atoms with Gasteiger partial charge in [0.15, 0.2) is 0 Å². The Morgan fingerprint density at radius 3 is 2.13 bits per heavy atom. The van der Waals surface area contributed by atoms with Crippen molar-refractivity contribution in [1.29, 1.82) is 0 Å². The number of carbonyl (C=O) groups excluding carboxylic acids is 3. The Labute approximate surface area is 173 Å². The number of amides is 3. The van der Waals surface area contributed by atoms with E-state index in [1.165, 1.54) is 17.0 Å². The van der Waals surface area contributed by atoms with Gasteiger partial charge in [0, 0.05) is 51.3 Å². The van der Waals surface area contributed by atoms with Crippen LogP contribution < -0.4 is 0 Å². The molecule has 2 fully saturated rings. The highest BCUT2D eigenvalue weighted by atomic mass is 19.4. The number of piperazine rings is 1. The molecule has 1 aromatic carbocycles. The van der Waals surface area contributed by atoms with E-state index in [4.69, 9.17) is 0 Å². The first-order chi connectivity index (χ1) is 14.1. The van der Waals surface area contributed by atoms with Gasteiger partial charge in [0.05, 0.1) is 11.5 Å². The van der Waals surface area contributed by atoms with Crippen molar-refractivity contribution < 1.29 is 27.6 Å². The maximum Gasteiger partial charge on any atom is 0.416 e. The van der Waals surface area contributed by atoms with Crippen LogP contribution in [0, 0.1) is 11.8 Å². The number of halogens is 3. The van der Waals surface area contributed by atoms with Crippen molar-refractivity contribution in [3.63, 3.8) is 0 Å². The molecule has 2 aliphatic rings. The molecule has 6 nitrogen and oxygen atoms in total. The molecule has 2 saturated heterocycles. The van der Waals surface area contributed by atoms with Gasteiger partial charge in [-0.2, -0.15) is 13.2 Å². The molecule has 0 N–H and O–H groups in total. The quantitative estimate of drug-likeness (QED) is 0.745. The van der Waals surface area contributed by atoms with E-state index in [9.17, 15) is 27.6 Å². The summed E-state index contributed by atoms with van der Waals surface area (Å²) in [5.41, 5.74) is -0.611. The molecule has 0 radical (unpaired) electrons. The number of benzene rings is 1. The van der Waals surface area contributed by atoms with E-state index in [1.807, 2.05) is 13.8 Å². The molecule has 1 unspecified atom stereocenters. The Balaban J connectivity index is 1.54. The highest BCUT2D eigenvalue weighted by Gasteiger charge is 2.38. The summed E-state index contributed by atoms with van der Waals surface area (Å²) in [6, 6.07) is 4.15. The van der Waals surface area contributed by atoms with Crippen LogP contribution in [0.2, 0.25) is 0 Å². The summed E-state index contributed by atoms with van der Waals surface area (Å²) in [7, 11) is 0. The lowest BCUT2D eigenvalue weighted by Gasteiger charge is -2.36. The minimum atomic E-state index is -4.44. The van der Waals surface area contributed by atoms with Crippen molar-refractivity contribution in [3.05, 3.63) is 35.4 Å². The Bertz CT molecular complexity index is 800. The zero-order valence-corrected chi connectivity index (χ0v) is 17.1. The van der Waals surface area contributed by atoms with Crippen molar-refractivity contribution >= 4 is 17.7 Å². The maximum atomic E-state index is 12.8. The lowest BCUT2D eigenvalue weighted by Crippen LogP contribution is -2.52. The van der Waals surface area contributed by atoms with Gasteiger partial charge in [-0.05, 0) is 30.2 Å². The van der Waals surface area contributed by atoms with Crippen molar-refractivity contribution in [3.8, 4) is 0 Å². The first-order valence-corrected chi connectivity index (χ1v) is 10.1. The molecule has 3 rings (SSSR count). The summed E-state index contributed by atoms with van der Waals surface area (Å²) in [6.07, 6.45) is -4.23. The van der Waals surface area contributed by atoms with Crippen LogP contribution in [0.1, 0.15) is 36.2 Å². The third kappa shape index (κ3) is 4.94. The molecular formula is C21H26F3N3O3. The standard InChI is InChI=1S/C21H26F3N3O3/c1-14(2)12-27-13-16(11-18(27)28)20(30)26-9-7-25(8-10-26)19(29)15-3-5-17(6-4-15)21(22,23)24/h3-6,14,16H,7-13H2,1-2H3. The zero-order valence-electron chi connectivity index (χ0n) is 17.1. The van der Waals surface area contributed by atoms with E-state index >= 15 is 0 Å². The fourth-order valence-electron chi connectivity index (χ4n) is 3.93. The average molecular weight is 425 g/mol. The molecule has 9 heteroatoms. The molecule has 2 heterocycles. The summed E-state index contributed by atoms with van der Waals surface area (Å²) in [5.74, 6) is -0.444. The topological polar surface area (TPSA) is 60.9 Å². The monoisotopic (exact) mass is 425 g/mol. The molecule has 0 spiro atoms. The highest BCUT2D eigenvalue weighted by Crippen LogP contribution is 2.29. The molecule has 1 aromatic rings. The second-order valence-corrected chi connectivity index (χ2v) is 8.29. The fourth-order valence-corrected chi connectivity index (χ4v) is 3.93. The van der Waals surface area contributed by atoms with E-state index in [0.717, 1.165) is 12.1 Å². The van der Waals surface area contributed by atoms with E-state index in [-0.39, 0.29) is 35.6 Å². The lowest BCUT2D eigenvalue weighted by atomic mass is 10.1. The Kier molecular flexibility index (Phi) is 6.38. The molecule has 3 amide bonds. The lowest BCUT2D eigenvalue weighted by molar-refractivity contribution is -0.138. The minimum Gasteiger partial charge on any atom is -0.342 e. The van der Waals surface area contributed by atoms with E-state index in [2.05, 4.69) is 0 Å². The van der Waals surface area contributed by atoms with Gasteiger partial charge in [-0.15, -0.1) is 0 Å². The average Bonchev–Trinajstić information content (AvgIpc) is 3.06. The predicted octanol–water partition coefficient (Wildman–Crippen LogP) is 2.49. The van der Waals surface area contributed by atoms with Gasteiger partial charge < -0.3 is 14.7 Å². The molecule has 164 valence electrons. The summed E-state index contributed by atoms with van der Waals surface area (Å²) in [4.78, 5) is 42.4. The Morgan fingerprint density at radius 1 is 1.03 bits per heavy atom. The van der Waals surface area contributed by atoms with Gasteiger partial charge in [-0.25, -0.2) is 0 Å². The largest absolute Gasteiger partial charge is 0.416 e. The Morgan fingerprint density at radius 2 is 1.60 bits per heavy atom. The number of carbonyl (C=O) groups is 3. The van der Waals surface area contributed by atoms with Gasteiger partial charge >= 0.3 is 6.18 Å². The van der Waals surface area contributed by atoms with Crippen LogP contribution in [-0.2, 0) is 15.8 Å². The molecule has 0 aromatic heterocycles. The van der Waals surface area contributed by atoms with Gasteiger partial charge in [0.1, 0.15) is 0 Å². The number of hydrogen-bond acceptors (Lipinski definition) is 3. The van der Waals surface area contributed by atoms with Crippen molar-refractivity contribution in [2.75, 3.05) is 39.3 Å². The third-order valence-corrected chi connectivity index (χ3v) is 5.49. The van der Waals surface area contributed by atoms with E-state index in [1.54, 1.807) is 9.80 Å². The first kappa shape index (κ1) is 22.1. The van der Waals surface area contributed by atoms with Gasteiger partial charge in [-0.3, -0.25) is 14.4 Å². The van der Waals surface area contributed by atoms with E-state index < -0.39 is 11.7 Å². The van der Waals surface area contributed by atoms with Crippen LogP contribution in [0.15, 0.2) is 24.3 Å².